The van der Waals surface area contributed by atoms with Gasteiger partial charge in [0.25, 0.3) is 0 Å². The second kappa shape index (κ2) is 11.3. The zero-order valence-corrected chi connectivity index (χ0v) is 23.4. The van der Waals surface area contributed by atoms with Gasteiger partial charge in [-0.3, -0.25) is 4.79 Å². The Kier molecular flexibility index (Phi) is 7.89. The molecule has 198 valence electrons. The molecule has 0 saturated carbocycles. The Morgan fingerprint density at radius 1 is 1.13 bits per heavy atom. The number of benzene rings is 3. The Morgan fingerprint density at radius 2 is 1.89 bits per heavy atom. The number of nitrogens with zero attached hydrogens (tertiary/aromatic N) is 2. The maximum atomic E-state index is 14.6. The molecule has 2 unspecified atom stereocenters. The molecule has 5 nitrogen and oxygen atoms in total. The van der Waals surface area contributed by atoms with Gasteiger partial charge < -0.3 is 20.1 Å². The predicted octanol–water partition coefficient (Wildman–Crippen LogP) is 6.16. The van der Waals surface area contributed by atoms with Crippen molar-refractivity contribution in [1.29, 1.82) is 0 Å². The lowest BCUT2D eigenvalue weighted by atomic mass is 9.88. The molecule has 2 N–H and O–H groups in total. The summed E-state index contributed by atoms with van der Waals surface area (Å²) in [6.45, 7) is 6.50. The van der Waals surface area contributed by atoms with Crippen LogP contribution in [0.25, 0.3) is 10.9 Å². The van der Waals surface area contributed by atoms with Crippen LogP contribution in [-0.4, -0.2) is 49.0 Å². The second-order valence-corrected chi connectivity index (χ2v) is 11.4. The van der Waals surface area contributed by atoms with E-state index >= 15 is 0 Å². The molecular weight excluding hydrogens is 492 g/mol. The maximum Gasteiger partial charge on any atom is 0.244 e. The number of fused-ring (bicyclic) bond motifs is 2. The van der Waals surface area contributed by atoms with E-state index in [-0.39, 0.29) is 11.8 Å². The molecule has 0 aliphatic carbocycles. The van der Waals surface area contributed by atoms with Gasteiger partial charge in [-0.05, 0) is 79.9 Å². The largest absolute Gasteiger partial charge is 0.361 e. The van der Waals surface area contributed by atoms with Crippen LogP contribution in [0, 0.1) is 12.8 Å². The van der Waals surface area contributed by atoms with Crippen molar-refractivity contribution in [3.63, 3.8) is 0 Å². The van der Waals surface area contributed by atoms with E-state index in [4.69, 9.17) is 11.6 Å². The first-order chi connectivity index (χ1) is 18.3. The number of rotatable bonds is 8. The topological polar surface area (TPSA) is 51.4 Å². The highest BCUT2D eigenvalue weighted by molar-refractivity contribution is 6.30. The van der Waals surface area contributed by atoms with E-state index in [1.807, 2.05) is 29.2 Å². The van der Waals surface area contributed by atoms with Crippen molar-refractivity contribution < 1.29 is 4.79 Å². The smallest absolute Gasteiger partial charge is 0.244 e. The maximum absolute atomic E-state index is 14.6. The molecule has 0 bridgehead atoms. The van der Waals surface area contributed by atoms with E-state index in [0.29, 0.717) is 24.0 Å². The third kappa shape index (κ3) is 5.51. The first-order valence-corrected chi connectivity index (χ1v) is 13.8. The number of hydrogen-bond donors (Lipinski definition) is 2. The van der Waals surface area contributed by atoms with Crippen molar-refractivity contribution in [2.24, 2.45) is 5.92 Å². The van der Waals surface area contributed by atoms with E-state index in [9.17, 15) is 4.79 Å². The fourth-order valence-corrected chi connectivity index (χ4v) is 6.08. The van der Waals surface area contributed by atoms with Gasteiger partial charge in [-0.1, -0.05) is 61.0 Å². The number of anilines is 1. The summed E-state index contributed by atoms with van der Waals surface area (Å²) in [5, 5.41) is 5.55. The minimum atomic E-state index is -0.407. The van der Waals surface area contributed by atoms with Crippen LogP contribution in [0.5, 0.6) is 0 Å². The number of carbonyl (C=O) groups excluding carboxylic acids is 1. The number of para-hydroxylation sites is 1. The van der Waals surface area contributed by atoms with Gasteiger partial charge in [0.1, 0.15) is 0 Å². The third-order valence-electron chi connectivity index (χ3n) is 7.82. The standard InChI is InChI=1S/C32H37ClN4O/c1-21-9-5-6-10-24(21)17-35-31(22(2)28-18-34-29-12-8-7-11-27(28)29)32(38)37-20-23(19-36(3)4)15-25-16-26(33)13-14-30(25)37/h5-14,16,18,22-23,31,34-35H,15,17,19-20H2,1-4H3/t22?,23-,31?/m1/s1. The molecule has 6 heteroatoms. The van der Waals surface area contributed by atoms with Gasteiger partial charge in [0.2, 0.25) is 5.91 Å². The van der Waals surface area contributed by atoms with Crippen molar-refractivity contribution in [2.45, 2.75) is 38.8 Å². The lowest BCUT2D eigenvalue weighted by Gasteiger charge is -2.39. The molecule has 2 heterocycles. The molecule has 4 aromatic rings. The summed E-state index contributed by atoms with van der Waals surface area (Å²) in [7, 11) is 4.18. The first-order valence-electron chi connectivity index (χ1n) is 13.4. The van der Waals surface area contributed by atoms with Crippen LogP contribution in [0.15, 0.2) is 72.9 Å². The number of carbonyl (C=O) groups is 1. The number of aromatic amines is 1. The van der Waals surface area contributed by atoms with Crippen LogP contribution in [0.4, 0.5) is 5.69 Å². The summed E-state index contributed by atoms with van der Waals surface area (Å²) in [5.41, 5.74) is 6.77. The van der Waals surface area contributed by atoms with Gasteiger partial charge in [-0.15, -0.1) is 0 Å². The zero-order valence-electron chi connectivity index (χ0n) is 22.7. The molecule has 3 aromatic carbocycles. The highest BCUT2D eigenvalue weighted by Crippen LogP contribution is 2.35. The molecule has 1 aliphatic heterocycles. The second-order valence-electron chi connectivity index (χ2n) is 10.9. The molecule has 1 amide bonds. The summed E-state index contributed by atoms with van der Waals surface area (Å²) >= 11 is 6.40. The molecule has 1 aliphatic rings. The molecule has 0 saturated heterocycles. The van der Waals surface area contributed by atoms with E-state index in [1.54, 1.807) is 0 Å². The van der Waals surface area contributed by atoms with Crippen molar-refractivity contribution in [3.8, 4) is 0 Å². The van der Waals surface area contributed by atoms with Crippen LogP contribution in [0.1, 0.15) is 35.1 Å². The zero-order chi connectivity index (χ0) is 26.8. The van der Waals surface area contributed by atoms with E-state index in [1.165, 1.54) is 11.1 Å². The Labute approximate surface area is 230 Å². The Bertz CT molecular complexity index is 1430. The molecule has 0 spiro atoms. The van der Waals surface area contributed by atoms with Crippen LogP contribution in [0.3, 0.4) is 0 Å². The fourth-order valence-electron chi connectivity index (χ4n) is 5.88. The SMILES string of the molecule is Cc1ccccc1CNC(C(=O)N1C[C@@H](CN(C)C)Cc2cc(Cl)ccc21)C(C)c1c[nH]c2ccccc12. The van der Waals surface area contributed by atoms with Gasteiger partial charge in [0.05, 0.1) is 6.04 Å². The van der Waals surface area contributed by atoms with Crippen molar-refractivity contribution >= 4 is 34.1 Å². The van der Waals surface area contributed by atoms with Crippen LogP contribution >= 0.6 is 11.6 Å². The van der Waals surface area contributed by atoms with E-state index in [2.05, 4.69) is 91.8 Å². The molecule has 1 aromatic heterocycles. The lowest BCUT2D eigenvalue weighted by molar-refractivity contribution is -0.121. The van der Waals surface area contributed by atoms with Crippen molar-refractivity contribution in [3.05, 3.63) is 100 Å². The molecule has 3 atom stereocenters. The highest BCUT2D eigenvalue weighted by atomic mass is 35.5. The summed E-state index contributed by atoms with van der Waals surface area (Å²) < 4.78 is 0. The highest BCUT2D eigenvalue weighted by Gasteiger charge is 2.36. The predicted molar refractivity (Wildman–Crippen MR) is 158 cm³/mol. The monoisotopic (exact) mass is 528 g/mol. The van der Waals surface area contributed by atoms with E-state index < -0.39 is 6.04 Å². The Balaban J connectivity index is 1.52. The minimum absolute atomic E-state index is 0.0485. The Hall–Kier alpha value is -3.12. The van der Waals surface area contributed by atoms with Crippen LogP contribution in [0.2, 0.25) is 5.02 Å². The summed E-state index contributed by atoms with van der Waals surface area (Å²) in [6, 6.07) is 22.2. The summed E-state index contributed by atoms with van der Waals surface area (Å²) in [5.74, 6) is 0.386. The number of aryl methyl sites for hydroxylation is 1. The fraction of sp³-hybridized carbons (Fsp3) is 0.344. The molecule has 0 radical (unpaired) electrons. The summed E-state index contributed by atoms with van der Waals surface area (Å²) in [6.07, 6.45) is 2.97. The van der Waals surface area contributed by atoms with Crippen LogP contribution < -0.4 is 10.2 Å². The molecule has 38 heavy (non-hydrogen) atoms. The van der Waals surface area contributed by atoms with Gasteiger partial charge in [-0.2, -0.15) is 0 Å². The quantitative estimate of drug-likeness (QED) is 0.288. The number of H-pyrrole nitrogens is 1. The minimum Gasteiger partial charge on any atom is -0.361 e. The number of hydrogen-bond acceptors (Lipinski definition) is 3. The first kappa shape index (κ1) is 26.5. The van der Waals surface area contributed by atoms with Crippen LogP contribution in [-0.2, 0) is 17.8 Å². The van der Waals surface area contributed by atoms with E-state index in [0.717, 1.165) is 40.7 Å². The lowest BCUT2D eigenvalue weighted by Crippen LogP contribution is -2.52. The Morgan fingerprint density at radius 3 is 2.68 bits per heavy atom. The van der Waals surface area contributed by atoms with Gasteiger partial charge in [-0.25, -0.2) is 0 Å². The number of halogens is 1. The number of amides is 1. The average molecular weight is 529 g/mol. The molecule has 5 rings (SSSR count). The number of aromatic nitrogens is 1. The molecule has 0 fully saturated rings. The average Bonchev–Trinajstić information content (AvgIpc) is 3.32. The molecular formula is C32H37ClN4O. The van der Waals surface area contributed by atoms with Crippen molar-refractivity contribution in [2.75, 3.05) is 32.1 Å². The van der Waals surface area contributed by atoms with Gasteiger partial charge in [0, 0.05) is 53.4 Å². The van der Waals surface area contributed by atoms with Gasteiger partial charge in [0.15, 0.2) is 0 Å². The normalized spacial score (nSPS) is 17.0. The number of nitrogens with one attached hydrogen (secondary N) is 2. The van der Waals surface area contributed by atoms with Gasteiger partial charge >= 0.3 is 0 Å². The summed E-state index contributed by atoms with van der Waals surface area (Å²) in [4.78, 5) is 22.2. The third-order valence-corrected chi connectivity index (χ3v) is 8.06. The van der Waals surface area contributed by atoms with Crippen molar-refractivity contribution in [1.82, 2.24) is 15.2 Å².